The standard InChI is InChI=1S/C17H22FN3O/c1-9-6-12-13(17(20)22)7-14(18)16(15(12)10(9)2)21-5-3-4-11(19)8-21/h7,11H,3-6,8,19H2,1-2H3,(H2,20,22)/t11-/m0/s1. The number of amides is 1. The maximum atomic E-state index is 14.8. The minimum atomic E-state index is -0.570. The Labute approximate surface area is 130 Å². The number of hydrogen-bond acceptors (Lipinski definition) is 3. The minimum Gasteiger partial charge on any atom is -0.367 e. The van der Waals surface area contributed by atoms with Crippen LogP contribution in [0.3, 0.4) is 0 Å². The topological polar surface area (TPSA) is 72.4 Å². The number of hydrogen-bond donors (Lipinski definition) is 2. The van der Waals surface area contributed by atoms with E-state index in [1.54, 1.807) is 0 Å². The molecule has 1 aliphatic heterocycles. The summed E-state index contributed by atoms with van der Waals surface area (Å²) in [5.41, 5.74) is 16.3. The number of benzene rings is 1. The summed E-state index contributed by atoms with van der Waals surface area (Å²) in [6.07, 6.45) is 2.58. The number of carbonyl (C=O) groups excluding carboxylic acids is 1. The summed E-state index contributed by atoms with van der Waals surface area (Å²) in [5, 5.41) is 0. The highest BCUT2D eigenvalue weighted by Crippen LogP contribution is 2.42. The maximum absolute atomic E-state index is 14.8. The Morgan fingerprint density at radius 3 is 2.77 bits per heavy atom. The molecule has 0 radical (unpaired) electrons. The van der Waals surface area contributed by atoms with Gasteiger partial charge in [-0.05, 0) is 50.3 Å². The summed E-state index contributed by atoms with van der Waals surface area (Å²) in [5.74, 6) is -0.949. The number of allylic oxidation sites excluding steroid dienone is 2. The van der Waals surface area contributed by atoms with E-state index in [9.17, 15) is 9.18 Å². The van der Waals surface area contributed by atoms with Gasteiger partial charge in [-0.1, -0.05) is 5.57 Å². The normalized spacial score (nSPS) is 21.3. The van der Waals surface area contributed by atoms with Crippen molar-refractivity contribution in [3.63, 3.8) is 0 Å². The molecule has 1 aliphatic carbocycles. The van der Waals surface area contributed by atoms with E-state index in [0.29, 0.717) is 24.2 Å². The van der Waals surface area contributed by atoms with Gasteiger partial charge in [0, 0.05) is 30.3 Å². The summed E-state index contributed by atoms with van der Waals surface area (Å²) < 4.78 is 14.8. The predicted molar refractivity (Wildman–Crippen MR) is 86.3 cm³/mol. The molecule has 4 nitrogen and oxygen atoms in total. The van der Waals surface area contributed by atoms with Crippen molar-refractivity contribution >= 4 is 17.2 Å². The third kappa shape index (κ3) is 2.29. The molecule has 1 aromatic rings. The second-order valence-corrected chi connectivity index (χ2v) is 6.40. The van der Waals surface area contributed by atoms with E-state index in [-0.39, 0.29) is 11.9 Å². The molecule has 118 valence electrons. The molecule has 4 N–H and O–H groups in total. The number of rotatable bonds is 2. The van der Waals surface area contributed by atoms with Crippen LogP contribution in [0.1, 0.15) is 48.2 Å². The quantitative estimate of drug-likeness (QED) is 0.880. The number of carbonyl (C=O) groups is 1. The van der Waals surface area contributed by atoms with E-state index in [4.69, 9.17) is 11.5 Å². The molecule has 1 aromatic carbocycles. The summed E-state index contributed by atoms with van der Waals surface area (Å²) in [6.45, 7) is 5.44. The van der Waals surface area contributed by atoms with Crippen molar-refractivity contribution in [3.8, 4) is 0 Å². The number of primary amides is 1. The molecule has 1 heterocycles. The van der Waals surface area contributed by atoms with Crippen LogP contribution in [0.4, 0.5) is 10.1 Å². The van der Waals surface area contributed by atoms with Gasteiger partial charge in [0.05, 0.1) is 5.69 Å². The van der Waals surface area contributed by atoms with Crippen LogP contribution in [0.15, 0.2) is 11.6 Å². The summed E-state index contributed by atoms with van der Waals surface area (Å²) in [7, 11) is 0. The highest BCUT2D eigenvalue weighted by atomic mass is 19.1. The number of nitrogens with zero attached hydrogens (tertiary/aromatic N) is 1. The Morgan fingerprint density at radius 2 is 2.14 bits per heavy atom. The van der Waals surface area contributed by atoms with Crippen LogP contribution in [0.5, 0.6) is 0 Å². The monoisotopic (exact) mass is 303 g/mol. The lowest BCUT2D eigenvalue weighted by atomic mass is 9.95. The number of fused-ring (bicyclic) bond motifs is 1. The van der Waals surface area contributed by atoms with Crippen molar-refractivity contribution in [1.29, 1.82) is 0 Å². The van der Waals surface area contributed by atoms with Crippen molar-refractivity contribution in [3.05, 3.63) is 34.1 Å². The molecule has 0 saturated carbocycles. The highest BCUT2D eigenvalue weighted by molar-refractivity contribution is 5.99. The molecule has 0 spiro atoms. The van der Waals surface area contributed by atoms with E-state index in [1.165, 1.54) is 6.07 Å². The zero-order valence-corrected chi connectivity index (χ0v) is 13.1. The Morgan fingerprint density at radius 1 is 1.41 bits per heavy atom. The molecule has 5 heteroatoms. The second kappa shape index (κ2) is 5.39. The van der Waals surface area contributed by atoms with Crippen molar-refractivity contribution in [2.24, 2.45) is 11.5 Å². The van der Waals surface area contributed by atoms with Gasteiger partial charge in [-0.2, -0.15) is 0 Å². The zero-order chi connectivity index (χ0) is 16.0. The van der Waals surface area contributed by atoms with Crippen LogP contribution in [-0.4, -0.2) is 25.0 Å². The number of piperidine rings is 1. The van der Waals surface area contributed by atoms with Crippen LogP contribution >= 0.6 is 0 Å². The van der Waals surface area contributed by atoms with E-state index in [2.05, 4.69) is 0 Å². The Balaban J connectivity index is 2.19. The van der Waals surface area contributed by atoms with Gasteiger partial charge in [-0.25, -0.2) is 4.39 Å². The molecule has 22 heavy (non-hydrogen) atoms. The average molecular weight is 303 g/mol. The first kappa shape index (κ1) is 15.0. The fraction of sp³-hybridized carbons (Fsp3) is 0.471. The molecule has 1 saturated heterocycles. The van der Waals surface area contributed by atoms with Crippen LogP contribution in [0.2, 0.25) is 0 Å². The fourth-order valence-corrected chi connectivity index (χ4v) is 3.62. The molecular weight excluding hydrogens is 281 g/mol. The molecule has 2 aliphatic rings. The average Bonchev–Trinajstić information content (AvgIpc) is 2.74. The van der Waals surface area contributed by atoms with E-state index >= 15 is 0 Å². The van der Waals surface area contributed by atoms with E-state index in [1.807, 2.05) is 18.7 Å². The lowest BCUT2D eigenvalue weighted by Gasteiger charge is -2.34. The molecule has 0 aromatic heterocycles. The van der Waals surface area contributed by atoms with Crippen molar-refractivity contribution in [2.45, 2.75) is 39.2 Å². The Kier molecular flexibility index (Phi) is 3.68. The molecule has 0 bridgehead atoms. The SMILES string of the molecule is CC1=C(C)c2c(c(C(N)=O)cc(F)c2N2CCC[C@H](N)C2)C1. The summed E-state index contributed by atoms with van der Waals surface area (Å²) in [6, 6.07) is 1.36. The van der Waals surface area contributed by atoms with Gasteiger partial charge in [0.15, 0.2) is 0 Å². The van der Waals surface area contributed by atoms with Crippen LogP contribution < -0.4 is 16.4 Å². The smallest absolute Gasteiger partial charge is 0.249 e. The lowest BCUT2D eigenvalue weighted by Crippen LogP contribution is -2.43. The molecule has 1 fully saturated rings. The van der Waals surface area contributed by atoms with E-state index in [0.717, 1.165) is 41.7 Å². The first-order valence-electron chi connectivity index (χ1n) is 7.72. The Bertz CT molecular complexity index is 681. The van der Waals surface area contributed by atoms with Gasteiger partial charge >= 0.3 is 0 Å². The van der Waals surface area contributed by atoms with Crippen molar-refractivity contribution in [2.75, 3.05) is 18.0 Å². The molecule has 3 rings (SSSR count). The van der Waals surface area contributed by atoms with Crippen molar-refractivity contribution < 1.29 is 9.18 Å². The zero-order valence-electron chi connectivity index (χ0n) is 13.1. The number of anilines is 1. The van der Waals surface area contributed by atoms with Gasteiger partial charge in [0.1, 0.15) is 5.82 Å². The van der Waals surface area contributed by atoms with E-state index < -0.39 is 5.91 Å². The van der Waals surface area contributed by atoms with Crippen LogP contribution in [0.25, 0.3) is 5.57 Å². The van der Waals surface area contributed by atoms with Gasteiger partial charge < -0.3 is 16.4 Å². The maximum Gasteiger partial charge on any atom is 0.249 e. The molecular formula is C17H22FN3O. The summed E-state index contributed by atoms with van der Waals surface area (Å²) in [4.78, 5) is 13.7. The van der Waals surface area contributed by atoms with Crippen LogP contribution in [0, 0.1) is 5.82 Å². The molecule has 1 atom stereocenters. The number of halogens is 1. The first-order valence-corrected chi connectivity index (χ1v) is 7.72. The molecule has 1 amide bonds. The first-order chi connectivity index (χ1) is 10.4. The fourth-order valence-electron chi connectivity index (χ4n) is 3.62. The Hall–Kier alpha value is -1.88. The van der Waals surface area contributed by atoms with Crippen molar-refractivity contribution in [1.82, 2.24) is 0 Å². The van der Waals surface area contributed by atoms with Crippen LogP contribution in [-0.2, 0) is 6.42 Å². The minimum absolute atomic E-state index is 0.0615. The summed E-state index contributed by atoms with van der Waals surface area (Å²) >= 11 is 0. The van der Waals surface area contributed by atoms with Gasteiger partial charge in [-0.3, -0.25) is 4.79 Å². The lowest BCUT2D eigenvalue weighted by molar-refractivity contribution is 0.0999. The number of nitrogens with two attached hydrogens (primary N) is 2. The highest BCUT2D eigenvalue weighted by Gasteiger charge is 2.31. The van der Waals surface area contributed by atoms with Gasteiger partial charge in [-0.15, -0.1) is 0 Å². The largest absolute Gasteiger partial charge is 0.367 e. The van der Waals surface area contributed by atoms with Gasteiger partial charge in [0.2, 0.25) is 5.91 Å². The van der Waals surface area contributed by atoms with Gasteiger partial charge in [0.25, 0.3) is 0 Å². The third-order valence-electron chi connectivity index (χ3n) is 4.86. The predicted octanol–water partition coefficient (Wildman–Crippen LogP) is 2.20. The second-order valence-electron chi connectivity index (χ2n) is 6.40. The third-order valence-corrected chi connectivity index (χ3v) is 4.86. The molecule has 0 unspecified atom stereocenters.